The maximum atomic E-state index is 13.1. The maximum absolute atomic E-state index is 13.1. The number of ether oxygens (including phenoxy) is 2. The first kappa shape index (κ1) is 20.7. The van der Waals surface area contributed by atoms with E-state index in [1.807, 2.05) is 24.3 Å². The molecule has 0 radical (unpaired) electrons. The van der Waals surface area contributed by atoms with Crippen LogP contribution in [0, 0.1) is 5.82 Å². The summed E-state index contributed by atoms with van der Waals surface area (Å²) in [5.74, 6) is 0.274. The quantitative estimate of drug-likeness (QED) is 0.598. The maximum Gasteiger partial charge on any atom is 0.268 e. The van der Waals surface area contributed by atoms with Gasteiger partial charge in [-0.15, -0.1) is 0 Å². The molecule has 2 heterocycles. The lowest BCUT2D eigenvalue weighted by atomic mass is 10.0. The van der Waals surface area contributed by atoms with Crippen LogP contribution in [0.15, 0.2) is 60.0 Å². The molecular formula is C21H18ClFN4O4. The average molecular weight is 445 g/mol. The number of aromatic nitrogens is 2. The third kappa shape index (κ3) is 4.95. The average Bonchev–Trinajstić information content (AvgIpc) is 3.43. The van der Waals surface area contributed by atoms with Gasteiger partial charge >= 0.3 is 0 Å². The van der Waals surface area contributed by atoms with Gasteiger partial charge in [-0.3, -0.25) is 4.79 Å². The van der Waals surface area contributed by atoms with Crippen molar-refractivity contribution in [2.24, 2.45) is 5.16 Å². The van der Waals surface area contributed by atoms with Crippen LogP contribution in [0.25, 0.3) is 0 Å². The minimum Gasteiger partial charge on any atom is -0.497 e. The molecule has 1 aromatic heterocycles. The number of nitrogens with zero attached hydrogens (tertiary/aromatic N) is 3. The predicted octanol–water partition coefficient (Wildman–Crippen LogP) is 3.85. The SMILES string of the molecule is COc1ccc(C2=NOC(C(=O)Nc3cnn(COc4ccc(F)cc4Cl)c3)C2)cc1. The van der Waals surface area contributed by atoms with E-state index in [1.165, 1.54) is 23.0 Å². The molecule has 31 heavy (non-hydrogen) atoms. The van der Waals surface area contributed by atoms with Gasteiger partial charge in [0, 0.05) is 6.42 Å². The number of carbonyl (C=O) groups is 1. The van der Waals surface area contributed by atoms with Crippen molar-refractivity contribution in [3.63, 3.8) is 0 Å². The summed E-state index contributed by atoms with van der Waals surface area (Å²) in [5, 5.41) is 11.0. The van der Waals surface area contributed by atoms with Crippen molar-refractivity contribution in [3.05, 3.63) is 71.3 Å². The van der Waals surface area contributed by atoms with E-state index in [9.17, 15) is 9.18 Å². The lowest BCUT2D eigenvalue weighted by molar-refractivity contribution is -0.125. The topological polar surface area (TPSA) is 87.0 Å². The van der Waals surface area contributed by atoms with Crippen LogP contribution in [0.3, 0.4) is 0 Å². The molecule has 1 atom stereocenters. The number of carbonyl (C=O) groups excluding carboxylic acids is 1. The zero-order chi connectivity index (χ0) is 21.8. The molecule has 0 spiro atoms. The second-order valence-corrected chi connectivity index (χ2v) is 7.08. The number of hydrogen-bond acceptors (Lipinski definition) is 6. The molecule has 8 nitrogen and oxygen atoms in total. The van der Waals surface area contributed by atoms with Crippen molar-refractivity contribution in [2.75, 3.05) is 12.4 Å². The number of amides is 1. The molecule has 4 rings (SSSR count). The fourth-order valence-electron chi connectivity index (χ4n) is 2.92. The van der Waals surface area contributed by atoms with Gasteiger partial charge in [0.05, 0.1) is 35.9 Å². The number of nitrogens with one attached hydrogen (secondary N) is 1. The first-order valence-electron chi connectivity index (χ1n) is 9.30. The van der Waals surface area contributed by atoms with Gasteiger partial charge < -0.3 is 19.6 Å². The molecule has 10 heteroatoms. The summed E-state index contributed by atoms with van der Waals surface area (Å²) in [6.07, 6.45) is 2.68. The first-order chi connectivity index (χ1) is 15.0. The van der Waals surface area contributed by atoms with E-state index in [-0.39, 0.29) is 17.7 Å². The lowest BCUT2D eigenvalue weighted by Crippen LogP contribution is -2.27. The Balaban J connectivity index is 1.30. The molecular weight excluding hydrogens is 427 g/mol. The first-order valence-corrected chi connectivity index (χ1v) is 9.68. The molecule has 1 unspecified atom stereocenters. The van der Waals surface area contributed by atoms with Gasteiger partial charge in [-0.1, -0.05) is 16.8 Å². The van der Waals surface area contributed by atoms with E-state index in [1.54, 1.807) is 13.3 Å². The Morgan fingerprint density at radius 1 is 1.32 bits per heavy atom. The number of methoxy groups -OCH3 is 1. The summed E-state index contributed by atoms with van der Waals surface area (Å²) in [6.45, 7) is 0.0336. The van der Waals surface area contributed by atoms with Crippen LogP contribution in [-0.2, 0) is 16.4 Å². The third-order valence-electron chi connectivity index (χ3n) is 4.53. The Morgan fingerprint density at radius 3 is 2.87 bits per heavy atom. The van der Waals surface area contributed by atoms with Crippen LogP contribution in [0.5, 0.6) is 11.5 Å². The zero-order valence-corrected chi connectivity index (χ0v) is 17.2. The van der Waals surface area contributed by atoms with Crippen LogP contribution in [0.1, 0.15) is 12.0 Å². The molecule has 3 aromatic rings. The van der Waals surface area contributed by atoms with E-state index in [2.05, 4.69) is 15.6 Å². The number of anilines is 1. The smallest absolute Gasteiger partial charge is 0.268 e. The fourth-order valence-corrected chi connectivity index (χ4v) is 3.14. The minimum absolute atomic E-state index is 0.0336. The van der Waals surface area contributed by atoms with Crippen molar-refractivity contribution >= 4 is 28.9 Å². The van der Waals surface area contributed by atoms with Gasteiger partial charge in [-0.05, 0) is 48.0 Å². The summed E-state index contributed by atoms with van der Waals surface area (Å²) in [4.78, 5) is 17.8. The van der Waals surface area contributed by atoms with Crippen molar-refractivity contribution < 1.29 is 23.5 Å². The van der Waals surface area contributed by atoms with E-state index in [0.717, 1.165) is 17.4 Å². The number of rotatable bonds is 7. The third-order valence-corrected chi connectivity index (χ3v) is 4.83. The summed E-state index contributed by atoms with van der Waals surface area (Å²) in [7, 11) is 1.60. The highest BCUT2D eigenvalue weighted by Crippen LogP contribution is 2.25. The predicted molar refractivity (Wildman–Crippen MR) is 112 cm³/mol. The second-order valence-electron chi connectivity index (χ2n) is 6.67. The Hall–Kier alpha value is -3.59. The minimum atomic E-state index is -0.741. The zero-order valence-electron chi connectivity index (χ0n) is 16.4. The molecule has 1 amide bonds. The molecule has 0 fully saturated rings. The summed E-state index contributed by atoms with van der Waals surface area (Å²) < 4.78 is 25.2. The van der Waals surface area contributed by atoms with Crippen LogP contribution < -0.4 is 14.8 Å². The molecule has 1 aliphatic rings. The van der Waals surface area contributed by atoms with Gasteiger partial charge in [-0.2, -0.15) is 5.10 Å². The molecule has 0 saturated carbocycles. The lowest BCUT2D eigenvalue weighted by Gasteiger charge is -2.08. The molecule has 2 aromatic carbocycles. The van der Waals surface area contributed by atoms with Crippen LogP contribution >= 0.6 is 11.6 Å². The highest BCUT2D eigenvalue weighted by Gasteiger charge is 2.29. The monoisotopic (exact) mass is 444 g/mol. The molecule has 1 aliphatic heterocycles. The van der Waals surface area contributed by atoms with Gasteiger partial charge in [0.1, 0.15) is 17.3 Å². The van der Waals surface area contributed by atoms with E-state index >= 15 is 0 Å². The number of halogens is 2. The van der Waals surface area contributed by atoms with E-state index in [0.29, 0.717) is 23.6 Å². The van der Waals surface area contributed by atoms with E-state index < -0.39 is 11.9 Å². The molecule has 0 saturated heterocycles. The molecule has 160 valence electrons. The Morgan fingerprint density at radius 2 is 2.13 bits per heavy atom. The van der Waals surface area contributed by atoms with Gasteiger partial charge in [0.25, 0.3) is 5.91 Å². The van der Waals surface area contributed by atoms with Crippen molar-refractivity contribution in [1.29, 1.82) is 0 Å². The van der Waals surface area contributed by atoms with Crippen LogP contribution in [0.4, 0.5) is 10.1 Å². The number of benzene rings is 2. The molecule has 0 bridgehead atoms. The van der Waals surface area contributed by atoms with Gasteiger partial charge in [0.15, 0.2) is 6.73 Å². The van der Waals surface area contributed by atoms with Gasteiger partial charge in [0.2, 0.25) is 6.10 Å². The fraction of sp³-hybridized carbons (Fsp3) is 0.190. The van der Waals surface area contributed by atoms with Crippen molar-refractivity contribution in [1.82, 2.24) is 9.78 Å². The van der Waals surface area contributed by atoms with Crippen LogP contribution in [0.2, 0.25) is 5.02 Å². The van der Waals surface area contributed by atoms with Crippen molar-refractivity contribution in [2.45, 2.75) is 19.3 Å². The summed E-state index contributed by atoms with van der Waals surface area (Å²) in [6, 6.07) is 11.2. The van der Waals surface area contributed by atoms with E-state index in [4.69, 9.17) is 25.9 Å². The molecule has 0 aliphatic carbocycles. The van der Waals surface area contributed by atoms with Gasteiger partial charge in [-0.25, -0.2) is 9.07 Å². The Labute approximate surface area is 182 Å². The number of oxime groups is 1. The Bertz CT molecular complexity index is 1120. The largest absolute Gasteiger partial charge is 0.497 e. The standard InChI is InChI=1S/C21H18ClFN4O4/c1-29-16-5-2-13(3-6-16)18-9-20(31-26-18)21(28)25-15-10-24-27(11-15)12-30-19-7-4-14(23)8-17(19)22/h2-8,10-11,20H,9,12H2,1H3,(H,25,28). The van der Waals surface area contributed by atoms with Crippen LogP contribution in [-0.4, -0.2) is 34.6 Å². The Kier molecular flexibility index (Phi) is 6.03. The number of hydrogen-bond donors (Lipinski definition) is 1. The highest BCUT2D eigenvalue weighted by atomic mass is 35.5. The summed E-state index contributed by atoms with van der Waals surface area (Å²) in [5.41, 5.74) is 2.02. The highest BCUT2D eigenvalue weighted by molar-refractivity contribution is 6.32. The van der Waals surface area contributed by atoms with Crippen molar-refractivity contribution in [3.8, 4) is 11.5 Å². The molecule has 1 N–H and O–H groups in total. The normalized spacial score (nSPS) is 15.2. The second kappa shape index (κ2) is 9.05. The summed E-state index contributed by atoms with van der Waals surface area (Å²) >= 11 is 5.93.